The minimum Gasteiger partial charge on any atom is -0.248 e. The Morgan fingerprint density at radius 3 is 1.07 bits per heavy atom. The minimum atomic E-state index is -0.549. The first-order valence-electron chi connectivity index (χ1n) is 19.5. The molecule has 3 aliphatic carbocycles. The summed E-state index contributed by atoms with van der Waals surface area (Å²) in [6, 6.07) is 78.7. The number of fused-ring (bicyclic) bond motifs is 16. The molecule has 1 aromatic heterocycles. The Balaban J connectivity index is 1.17. The van der Waals surface area contributed by atoms with Crippen molar-refractivity contribution in [3.05, 3.63) is 257 Å². The molecule has 0 atom stereocenters. The van der Waals surface area contributed by atoms with Crippen LogP contribution in [-0.4, -0.2) is 4.98 Å². The molecule has 1 heterocycles. The van der Waals surface area contributed by atoms with Crippen LogP contribution in [0, 0.1) is 0 Å². The van der Waals surface area contributed by atoms with Gasteiger partial charge >= 0.3 is 0 Å². The van der Waals surface area contributed by atoms with Gasteiger partial charge in [-0.2, -0.15) is 0 Å². The highest BCUT2D eigenvalue weighted by atomic mass is 14.7. The normalized spacial score (nSPS) is 14.4. The summed E-state index contributed by atoms with van der Waals surface area (Å²) in [4.78, 5) is 5.40. The Morgan fingerprint density at radius 1 is 0.232 bits per heavy atom. The fourth-order valence-corrected chi connectivity index (χ4v) is 10.6. The molecule has 0 N–H and O–H groups in total. The Hall–Kier alpha value is -7.09. The molecule has 0 saturated carbocycles. The van der Waals surface area contributed by atoms with Gasteiger partial charge < -0.3 is 0 Å². The van der Waals surface area contributed by atoms with Gasteiger partial charge in [-0.25, -0.2) is 4.98 Å². The van der Waals surface area contributed by atoms with E-state index < -0.39 is 10.8 Å². The summed E-state index contributed by atoms with van der Waals surface area (Å²) >= 11 is 0. The van der Waals surface area contributed by atoms with E-state index >= 15 is 0 Å². The number of pyridine rings is 1. The zero-order chi connectivity index (χ0) is 36.8. The maximum absolute atomic E-state index is 5.40. The molecule has 0 unspecified atom stereocenters. The van der Waals surface area contributed by atoms with Crippen molar-refractivity contribution in [3.8, 4) is 55.9 Å². The van der Waals surface area contributed by atoms with Crippen molar-refractivity contribution in [3.63, 3.8) is 0 Å². The van der Waals surface area contributed by atoms with Gasteiger partial charge in [0.05, 0.1) is 22.2 Å². The summed E-state index contributed by atoms with van der Waals surface area (Å²) in [5.74, 6) is 0. The van der Waals surface area contributed by atoms with Gasteiger partial charge in [0.2, 0.25) is 0 Å². The van der Waals surface area contributed by atoms with Crippen LogP contribution in [0.3, 0.4) is 0 Å². The van der Waals surface area contributed by atoms with Crippen molar-refractivity contribution >= 4 is 0 Å². The number of hydrogen-bond acceptors (Lipinski definition) is 1. The summed E-state index contributed by atoms with van der Waals surface area (Å²) in [5.41, 5.74) is 21.4. The Morgan fingerprint density at radius 2 is 0.589 bits per heavy atom. The van der Waals surface area contributed by atoms with E-state index in [-0.39, 0.29) is 0 Å². The molecule has 1 nitrogen and oxygen atoms in total. The molecule has 0 radical (unpaired) electrons. The lowest BCUT2D eigenvalue weighted by atomic mass is 9.52. The third-order valence-corrected chi connectivity index (χ3v) is 12.8. The van der Waals surface area contributed by atoms with Gasteiger partial charge in [0.25, 0.3) is 0 Å². The van der Waals surface area contributed by atoms with Crippen LogP contribution in [0.15, 0.2) is 212 Å². The molecule has 0 saturated heterocycles. The SMILES string of the molecule is c1ccc(-c2cc(-c3ccccc3)nc(-c3ccc4c(c3)C3(c5ccccc5-4)c4ccccc4C4(c5ccccc5-c5ccccc54)c4ccccc43)c2)cc1. The average Bonchev–Trinajstić information content (AvgIpc) is 3.74. The number of aromatic nitrogens is 1. The van der Waals surface area contributed by atoms with Crippen molar-refractivity contribution in [1.29, 1.82) is 0 Å². The van der Waals surface area contributed by atoms with Crippen LogP contribution in [0.1, 0.15) is 44.5 Å². The minimum absolute atomic E-state index is 0.461. The fraction of sp³-hybridized carbons (Fsp3) is 0.0364. The summed E-state index contributed by atoms with van der Waals surface area (Å²) in [5, 5.41) is 0. The third-order valence-electron chi connectivity index (χ3n) is 12.8. The van der Waals surface area contributed by atoms with Gasteiger partial charge in [-0.1, -0.05) is 194 Å². The van der Waals surface area contributed by atoms with Crippen LogP contribution in [-0.2, 0) is 10.8 Å². The molecule has 1 heteroatoms. The summed E-state index contributed by atoms with van der Waals surface area (Å²) in [7, 11) is 0. The summed E-state index contributed by atoms with van der Waals surface area (Å²) in [6.45, 7) is 0. The van der Waals surface area contributed by atoms with Crippen LogP contribution < -0.4 is 0 Å². The molecule has 260 valence electrons. The van der Waals surface area contributed by atoms with E-state index in [0.717, 1.165) is 28.1 Å². The topological polar surface area (TPSA) is 12.9 Å². The van der Waals surface area contributed by atoms with Crippen LogP contribution in [0.5, 0.6) is 0 Å². The maximum atomic E-state index is 5.40. The maximum Gasteiger partial charge on any atom is 0.0720 e. The third kappa shape index (κ3) is 4.02. The lowest BCUT2D eigenvalue weighted by Gasteiger charge is -2.48. The highest BCUT2D eigenvalue weighted by Crippen LogP contribution is 2.67. The first-order chi connectivity index (χ1) is 27.8. The number of benzene rings is 8. The molecule has 3 aliphatic rings. The van der Waals surface area contributed by atoms with E-state index in [4.69, 9.17) is 4.98 Å². The second-order valence-corrected chi connectivity index (χ2v) is 15.3. The Labute approximate surface area is 327 Å². The van der Waals surface area contributed by atoms with E-state index in [2.05, 4.69) is 212 Å². The lowest BCUT2D eigenvalue weighted by molar-refractivity contribution is 0.633. The van der Waals surface area contributed by atoms with Gasteiger partial charge in [0.1, 0.15) is 0 Å². The lowest BCUT2D eigenvalue weighted by Crippen LogP contribution is -2.43. The molecule has 0 aliphatic heterocycles. The molecule has 56 heavy (non-hydrogen) atoms. The van der Waals surface area contributed by atoms with E-state index in [1.54, 1.807) is 0 Å². The summed E-state index contributed by atoms with van der Waals surface area (Å²) < 4.78 is 0. The van der Waals surface area contributed by atoms with Gasteiger partial charge in [-0.15, -0.1) is 0 Å². The highest BCUT2D eigenvalue weighted by molar-refractivity contribution is 5.94. The Bertz CT molecular complexity index is 2880. The average molecular weight is 710 g/mol. The summed E-state index contributed by atoms with van der Waals surface area (Å²) in [6.07, 6.45) is 0. The molecular formula is C55H35N. The van der Waals surface area contributed by atoms with Crippen molar-refractivity contribution in [2.75, 3.05) is 0 Å². The quantitative estimate of drug-likeness (QED) is 0.178. The highest BCUT2D eigenvalue weighted by Gasteiger charge is 2.58. The van der Waals surface area contributed by atoms with E-state index in [1.165, 1.54) is 72.3 Å². The predicted molar refractivity (Wildman–Crippen MR) is 229 cm³/mol. The first kappa shape index (κ1) is 31.3. The fourth-order valence-electron chi connectivity index (χ4n) is 10.6. The monoisotopic (exact) mass is 709 g/mol. The van der Waals surface area contributed by atoms with E-state index in [0.29, 0.717) is 0 Å². The van der Waals surface area contributed by atoms with Crippen molar-refractivity contribution in [1.82, 2.24) is 4.98 Å². The van der Waals surface area contributed by atoms with Crippen LogP contribution >= 0.6 is 0 Å². The first-order valence-corrected chi connectivity index (χ1v) is 19.5. The second kappa shape index (κ2) is 11.7. The molecule has 9 aromatic rings. The predicted octanol–water partition coefficient (Wildman–Crippen LogP) is 13.1. The van der Waals surface area contributed by atoms with Gasteiger partial charge in [-0.3, -0.25) is 0 Å². The molecule has 8 aromatic carbocycles. The van der Waals surface area contributed by atoms with Crippen LogP contribution in [0.25, 0.3) is 55.9 Å². The second-order valence-electron chi connectivity index (χ2n) is 15.3. The smallest absolute Gasteiger partial charge is 0.0720 e. The number of hydrogen-bond donors (Lipinski definition) is 0. The number of nitrogens with zero attached hydrogens (tertiary/aromatic N) is 1. The molecule has 2 spiro atoms. The van der Waals surface area contributed by atoms with Gasteiger partial charge in [-0.05, 0) is 96.1 Å². The molecule has 0 bridgehead atoms. The van der Waals surface area contributed by atoms with Crippen molar-refractivity contribution in [2.45, 2.75) is 10.8 Å². The van der Waals surface area contributed by atoms with Gasteiger partial charge in [0.15, 0.2) is 0 Å². The molecular weight excluding hydrogens is 675 g/mol. The van der Waals surface area contributed by atoms with Crippen molar-refractivity contribution < 1.29 is 0 Å². The van der Waals surface area contributed by atoms with Crippen LogP contribution in [0.2, 0.25) is 0 Å². The van der Waals surface area contributed by atoms with Gasteiger partial charge in [0, 0.05) is 11.1 Å². The van der Waals surface area contributed by atoms with Crippen LogP contribution in [0.4, 0.5) is 0 Å². The van der Waals surface area contributed by atoms with Crippen molar-refractivity contribution in [2.24, 2.45) is 0 Å². The Kier molecular flexibility index (Phi) is 6.54. The standard InChI is InChI=1S/C55H35N/c1-3-17-36(18-4-1)39-34-52(37-19-5-2-6-20-37)56-53(35-39)38-31-32-43-42-23-9-12-26-46(42)55(51(43)33-38)49-29-15-13-27-47(49)54(48-28-14-16-30-50(48)55)44-24-10-7-21-40(44)41-22-8-11-25-45(41)54/h1-35H. The molecule has 0 amide bonds. The van der Waals surface area contributed by atoms with E-state index in [9.17, 15) is 0 Å². The van der Waals surface area contributed by atoms with E-state index in [1.807, 2.05) is 0 Å². The molecule has 12 rings (SSSR count). The zero-order valence-electron chi connectivity index (χ0n) is 30.7. The molecule has 0 fully saturated rings. The number of rotatable bonds is 3. The zero-order valence-corrected chi connectivity index (χ0v) is 30.7. The largest absolute Gasteiger partial charge is 0.248 e.